The van der Waals surface area contributed by atoms with Gasteiger partial charge in [0.25, 0.3) is 0 Å². The molecule has 0 bridgehead atoms. The largest absolute Gasteiger partial charge is 0.486 e. The lowest BCUT2D eigenvalue weighted by Crippen LogP contribution is -2.15. The molecule has 26 heavy (non-hydrogen) atoms. The molecule has 0 atom stereocenters. The molecule has 2 aromatic heterocycles. The van der Waals surface area contributed by atoms with Crippen LogP contribution in [0.5, 0.6) is 11.5 Å². The number of ether oxygens (including phenoxy) is 2. The van der Waals surface area contributed by atoms with Gasteiger partial charge in [-0.05, 0) is 12.1 Å². The van der Waals surface area contributed by atoms with E-state index in [9.17, 15) is 4.79 Å². The molecule has 7 nitrogen and oxygen atoms in total. The molecule has 4 aromatic rings. The van der Waals surface area contributed by atoms with E-state index in [1.165, 1.54) is 11.3 Å². The third kappa shape index (κ3) is 2.64. The Morgan fingerprint density at radius 1 is 1.15 bits per heavy atom. The average molecular weight is 367 g/mol. The Morgan fingerprint density at radius 3 is 2.85 bits per heavy atom. The fraction of sp³-hybridized carbons (Fsp3) is 0.167. The van der Waals surface area contributed by atoms with Crippen molar-refractivity contribution >= 4 is 43.6 Å². The highest BCUT2D eigenvalue weighted by Crippen LogP contribution is 2.37. The summed E-state index contributed by atoms with van der Waals surface area (Å²) < 4.78 is 17.3. The molecule has 0 saturated carbocycles. The van der Waals surface area contributed by atoms with Crippen molar-refractivity contribution < 1.29 is 18.8 Å². The second-order valence-corrected chi connectivity index (χ2v) is 6.86. The Hall–Kier alpha value is -3.13. The van der Waals surface area contributed by atoms with Crippen LogP contribution in [0.25, 0.3) is 21.2 Å². The van der Waals surface area contributed by atoms with E-state index in [4.69, 9.17) is 14.0 Å². The summed E-state index contributed by atoms with van der Waals surface area (Å²) in [6.07, 6.45) is 0.121. The van der Waals surface area contributed by atoms with Crippen molar-refractivity contribution in [2.75, 3.05) is 18.5 Å². The van der Waals surface area contributed by atoms with E-state index in [-0.39, 0.29) is 12.3 Å². The van der Waals surface area contributed by atoms with Crippen molar-refractivity contribution in [1.82, 2.24) is 10.1 Å². The van der Waals surface area contributed by atoms with Crippen LogP contribution in [0.2, 0.25) is 0 Å². The normalized spacial score (nSPS) is 13.2. The second-order valence-electron chi connectivity index (χ2n) is 5.83. The predicted octanol–water partition coefficient (Wildman–Crippen LogP) is 3.39. The number of anilines is 1. The van der Waals surface area contributed by atoms with Crippen LogP contribution in [0.4, 0.5) is 5.13 Å². The minimum absolute atomic E-state index is 0.121. The van der Waals surface area contributed by atoms with Gasteiger partial charge in [0.05, 0.1) is 16.6 Å². The number of carbonyl (C=O) groups excluding carboxylic acids is 1. The molecule has 130 valence electrons. The molecule has 3 heterocycles. The minimum Gasteiger partial charge on any atom is -0.486 e. The van der Waals surface area contributed by atoms with E-state index in [1.807, 2.05) is 36.4 Å². The highest BCUT2D eigenvalue weighted by atomic mass is 32.1. The first-order chi connectivity index (χ1) is 12.8. The zero-order valence-electron chi connectivity index (χ0n) is 13.5. The number of benzene rings is 2. The van der Waals surface area contributed by atoms with Crippen LogP contribution in [0.15, 0.2) is 40.9 Å². The quantitative estimate of drug-likeness (QED) is 0.597. The molecule has 0 spiro atoms. The first kappa shape index (κ1) is 15.2. The Balaban J connectivity index is 1.37. The lowest BCUT2D eigenvalue weighted by Gasteiger charge is -2.17. The Bertz CT molecular complexity index is 1090. The molecule has 1 aliphatic heterocycles. The minimum atomic E-state index is -0.194. The summed E-state index contributed by atoms with van der Waals surface area (Å²) >= 11 is 1.39. The van der Waals surface area contributed by atoms with Gasteiger partial charge in [0.1, 0.15) is 18.9 Å². The van der Waals surface area contributed by atoms with Crippen LogP contribution in [-0.4, -0.2) is 29.3 Å². The van der Waals surface area contributed by atoms with Gasteiger partial charge in [-0.3, -0.25) is 4.79 Å². The monoisotopic (exact) mass is 367 g/mol. The number of nitrogens with zero attached hydrogens (tertiary/aromatic N) is 2. The van der Waals surface area contributed by atoms with Gasteiger partial charge in [-0.25, -0.2) is 4.98 Å². The van der Waals surface area contributed by atoms with Crippen LogP contribution in [0, 0.1) is 0 Å². The van der Waals surface area contributed by atoms with E-state index in [0.717, 1.165) is 15.6 Å². The molecule has 0 fully saturated rings. The van der Waals surface area contributed by atoms with Crippen LogP contribution >= 0.6 is 11.3 Å². The van der Waals surface area contributed by atoms with E-state index in [2.05, 4.69) is 15.5 Å². The summed E-state index contributed by atoms with van der Waals surface area (Å²) in [6.45, 7) is 1.06. The van der Waals surface area contributed by atoms with Gasteiger partial charge in [-0.1, -0.05) is 28.6 Å². The number of nitrogens with one attached hydrogen (secondary N) is 1. The fourth-order valence-electron chi connectivity index (χ4n) is 2.90. The summed E-state index contributed by atoms with van der Waals surface area (Å²) in [5.41, 5.74) is 2.04. The van der Waals surface area contributed by atoms with Crippen LogP contribution < -0.4 is 14.8 Å². The number of amides is 1. The number of hydrogen-bond donors (Lipinski definition) is 1. The van der Waals surface area contributed by atoms with Gasteiger partial charge in [0.2, 0.25) is 5.91 Å². The van der Waals surface area contributed by atoms with E-state index in [1.54, 1.807) is 0 Å². The molecule has 1 N–H and O–H groups in total. The first-order valence-corrected chi connectivity index (χ1v) is 8.91. The summed E-state index contributed by atoms with van der Waals surface area (Å²) in [5, 5.41) is 8.19. The number of hydrogen-bond acceptors (Lipinski definition) is 7. The maximum absolute atomic E-state index is 12.4. The highest BCUT2D eigenvalue weighted by molar-refractivity contribution is 7.22. The molecule has 0 aliphatic carbocycles. The lowest BCUT2D eigenvalue weighted by atomic mass is 10.2. The summed E-state index contributed by atoms with van der Waals surface area (Å²) in [7, 11) is 0. The standard InChI is InChI=1S/C18H13N3O4S/c22-17(8-11-10-3-1-2-4-13(10)25-21-11)20-18-19-12-7-14-15(9-16(12)26-18)24-6-5-23-14/h1-4,7,9H,5-6,8H2,(H,19,20,22). The number of thiazole rings is 1. The van der Waals surface area contributed by atoms with Gasteiger partial charge in [-0.15, -0.1) is 0 Å². The van der Waals surface area contributed by atoms with Crippen molar-refractivity contribution in [3.63, 3.8) is 0 Å². The van der Waals surface area contributed by atoms with Gasteiger partial charge >= 0.3 is 0 Å². The number of rotatable bonds is 3. The predicted molar refractivity (Wildman–Crippen MR) is 97.0 cm³/mol. The second kappa shape index (κ2) is 5.99. The van der Waals surface area contributed by atoms with Gasteiger partial charge in [0, 0.05) is 17.5 Å². The van der Waals surface area contributed by atoms with Crippen molar-refractivity contribution in [2.45, 2.75) is 6.42 Å². The van der Waals surface area contributed by atoms with E-state index < -0.39 is 0 Å². The smallest absolute Gasteiger partial charge is 0.232 e. The summed E-state index contributed by atoms with van der Waals surface area (Å²) in [5.74, 6) is 1.20. The van der Waals surface area contributed by atoms with Crippen molar-refractivity contribution in [3.8, 4) is 11.5 Å². The van der Waals surface area contributed by atoms with Crippen LogP contribution in [0.1, 0.15) is 5.69 Å². The Labute approximate surface area is 151 Å². The maximum atomic E-state index is 12.4. The van der Waals surface area contributed by atoms with Crippen LogP contribution in [-0.2, 0) is 11.2 Å². The number of fused-ring (bicyclic) bond motifs is 3. The molecule has 8 heteroatoms. The maximum Gasteiger partial charge on any atom is 0.232 e. The van der Waals surface area contributed by atoms with Crippen LogP contribution in [0.3, 0.4) is 0 Å². The highest BCUT2D eigenvalue weighted by Gasteiger charge is 2.17. The SMILES string of the molecule is O=C(Cc1noc2ccccc12)Nc1nc2cc3c(cc2s1)OCCO3. The lowest BCUT2D eigenvalue weighted by molar-refractivity contribution is -0.115. The van der Waals surface area contributed by atoms with Crippen molar-refractivity contribution in [1.29, 1.82) is 0 Å². The van der Waals surface area contributed by atoms with E-state index >= 15 is 0 Å². The summed E-state index contributed by atoms with van der Waals surface area (Å²) in [4.78, 5) is 16.8. The summed E-state index contributed by atoms with van der Waals surface area (Å²) in [6, 6.07) is 11.2. The number of carbonyl (C=O) groups is 1. The number of aromatic nitrogens is 2. The van der Waals surface area contributed by atoms with Gasteiger partial charge in [0.15, 0.2) is 22.2 Å². The molecular weight excluding hydrogens is 354 g/mol. The van der Waals surface area contributed by atoms with E-state index in [0.29, 0.717) is 41.1 Å². The molecule has 0 radical (unpaired) electrons. The van der Waals surface area contributed by atoms with Crippen molar-refractivity contribution in [3.05, 3.63) is 42.1 Å². The zero-order valence-corrected chi connectivity index (χ0v) is 14.3. The first-order valence-electron chi connectivity index (χ1n) is 8.09. The molecule has 5 rings (SSSR count). The molecule has 1 aliphatic rings. The Morgan fingerprint density at radius 2 is 1.96 bits per heavy atom. The molecular formula is C18H13N3O4S. The fourth-order valence-corrected chi connectivity index (χ4v) is 3.79. The average Bonchev–Trinajstić information content (AvgIpc) is 3.23. The molecule has 0 unspecified atom stereocenters. The molecule has 2 aromatic carbocycles. The number of para-hydroxylation sites is 1. The van der Waals surface area contributed by atoms with Gasteiger partial charge < -0.3 is 19.3 Å². The third-order valence-corrected chi connectivity index (χ3v) is 5.01. The Kier molecular flexibility index (Phi) is 3.49. The zero-order chi connectivity index (χ0) is 17.5. The molecule has 0 saturated heterocycles. The topological polar surface area (TPSA) is 86.5 Å². The molecule has 1 amide bonds. The van der Waals surface area contributed by atoms with Crippen molar-refractivity contribution in [2.24, 2.45) is 0 Å². The third-order valence-electron chi connectivity index (χ3n) is 4.08. The van der Waals surface area contributed by atoms with Gasteiger partial charge in [-0.2, -0.15) is 0 Å².